The second kappa shape index (κ2) is 8.53. The van der Waals surface area contributed by atoms with Crippen molar-refractivity contribution in [2.24, 2.45) is 0 Å². The Bertz CT molecular complexity index is 1030. The largest absolute Gasteiger partial charge is 0.454 e. The molecule has 28 heavy (non-hydrogen) atoms. The van der Waals surface area contributed by atoms with Crippen LogP contribution in [0.25, 0.3) is 0 Å². The predicted molar refractivity (Wildman–Crippen MR) is 99.7 cm³/mol. The number of carbonyl (C=O) groups is 3. The molecule has 0 radical (unpaired) electrons. The first-order valence-corrected chi connectivity index (χ1v) is 8.92. The van der Waals surface area contributed by atoms with Crippen molar-refractivity contribution < 1.29 is 27.9 Å². The van der Waals surface area contributed by atoms with E-state index in [9.17, 15) is 23.2 Å². The van der Waals surface area contributed by atoms with Crippen molar-refractivity contribution >= 4 is 34.7 Å². The lowest BCUT2D eigenvalue weighted by molar-refractivity contribution is 0.0474. The standard InChI is InChI=1S/C20H13F2NO4S/c21-15-7-6-12(10-16(15)22)17(24)11-27-20(26)13-3-1-4-14(9-13)23-19(25)18-5-2-8-28-18/h1-10H,11H2,(H,23,25). The van der Waals surface area contributed by atoms with Crippen molar-refractivity contribution in [3.63, 3.8) is 0 Å². The molecule has 3 rings (SSSR count). The minimum atomic E-state index is -1.16. The van der Waals surface area contributed by atoms with Crippen LogP contribution in [0.4, 0.5) is 14.5 Å². The van der Waals surface area contributed by atoms with Crippen molar-refractivity contribution in [2.75, 3.05) is 11.9 Å². The van der Waals surface area contributed by atoms with Gasteiger partial charge in [0.2, 0.25) is 0 Å². The minimum Gasteiger partial charge on any atom is -0.454 e. The second-order valence-corrected chi connectivity index (χ2v) is 6.59. The number of hydrogen-bond acceptors (Lipinski definition) is 5. The molecule has 8 heteroatoms. The van der Waals surface area contributed by atoms with Crippen LogP contribution in [0.5, 0.6) is 0 Å². The number of hydrogen-bond donors (Lipinski definition) is 1. The summed E-state index contributed by atoms with van der Waals surface area (Å²) in [5, 5.41) is 4.43. The Kier molecular flexibility index (Phi) is 5.90. The van der Waals surface area contributed by atoms with Crippen LogP contribution < -0.4 is 5.32 Å². The van der Waals surface area contributed by atoms with Crippen molar-refractivity contribution in [2.45, 2.75) is 0 Å². The van der Waals surface area contributed by atoms with Gasteiger partial charge in [-0.2, -0.15) is 0 Å². The number of esters is 1. The van der Waals surface area contributed by atoms with Gasteiger partial charge in [-0.15, -0.1) is 11.3 Å². The average Bonchev–Trinajstić information content (AvgIpc) is 3.23. The van der Waals surface area contributed by atoms with Gasteiger partial charge in [0.25, 0.3) is 5.91 Å². The third kappa shape index (κ3) is 4.66. The molecule has 2 aromatic carbocycles. The third-order valence-corrected chi connectivity index (χ3v) is 4.55. The first-order valence-electron chi connectivity index (χ1n) is 8.04. The zero-order valence-electron chi connectivity index (χ0n) is 14.3. The van der Waals surface area contributed by atoms with E-state index in [1.165, 1.54) is 23.5 Å². The molecule has 0 aliphatic carbocycles. The summed E-state index contributed by atoms with van der Waals surface area (Å²) in [6.07, 6.45) is 0. The van der Waals surface area contributed by atoms with Crippen LogP contribution in [0, 0.1) is 11.6 Å². The topological polar surface area (TPSA) is 72.5 Å². The van der Waals surface area contributed by atoms with Gasteiger partial charge in [0.15, 0.2) is 24.0 Å². The van der Waals surface area contributed by atoms with Gasteiger partial charge in [-0.25, -0.2) is 13.6 Å². The molecule has 1 heterocycles. The summed E-state index contributed by atoms with van der Waals surface area (Å²) < 4.78 is 31.0. The quantitative estimate of drug-likeness (QED) is 0.493. The maximum Gasteiger partial charge on any atom is 0.338 e. The summed E-state index contributed by atoms with van der Waals surface area (Å²) in [5.41, 5.74) is 0.408. The smallest absolute Gasteiger partial charge is 0.338 e. The zero-order valence-corrected chi connectivity index (χ0v) is 15.1. The highest BCUT2D eigenvalue weighted by atomic mass is 32.1. The van der Waals surface area contributed by atoms with Crippen molar-refractivity contribution in [3.8, 4) is 0 Å². The molecule has 0 saturated carbocycles. The van der Waals surface area contributed by atoms with Crippen LogP contribution in [-0.2, 0) is 4.74 Å². The van der Waals surface area contributed by atoms with E-state index in [4.69, 9.17) is 4.74 Å². The van der Waals surface area contributed by atoms with Crippen LogP contribution in [0.2, 0.25) is 0 Å². The molecular weight excluding hydrogens is 388 g/mol. The summed E-state index contributed by atoms with van der Waals surface area (Å²) in [4.78, 5) is 36.7. The predicted octanol–water partition coefficient (Wildman–Crippen LogP) is 4.32. The molecule has 1 amide bonds. The number of ether oxygens (including phenoxy) is 1. The van der Waals surface area contributed by atoms with E-state index in [1.54, 1.807) is 29.6 Å². The number of anilines is 1. The molecule has 0 bridgehead atoms. The summed E-state index contributed by atoms with van der Waals surface area (Å²) >= 11 is 1.28. The van der Waals surface area contributed by atoms with Crippen LogP contribution >= 0.6 is 11.3 Å². The Morgan fingerprint density at radius 3 is 2.46 bits per heavy atom. The number of rotatable bonds is 6. The molecule has 0 fully saturated rings. The highest BCUT2D eigenvalue weighted by Gasteiger charge is 2.15. The fourth-order valence-corrected chi connectivity index (χ4v) is 2.91. The summed E-state index contributed by atoms with van der Waals surface area (Å²) in [6.45, 7) is -0.629. The van der Waals surface area contributed by atoms with Gasteiger partial charge in [0.1, 0.15) is 0 Å². The summed E-state index contributed by atoms with van der Waals surface area (Å²) in [5.74, 6) is -4.01. The SMILES string of the molecule is O=C(COC(=O)c1cccc(NC(=O)c2cccs2)c1)c1ccc(F)c(F)c1. The van der Waals surface area contributed by atoms with E-state index in [0.29, 0.717) is 10.6 Å². The highest BCUT2D eigenvalue weighted by molar-refractivity contribution is 7.12. The molecule has 3 aromatic rings. The van der Waals surface area contributed by atoms with Crippen molar-refractivity contribution in [1.29, 1.82) is 0 Å². The average molecular weight is 401 g/mol. The Morgan fingerprint density at radius 2 is 1.75 bits per heavy atom. The summed E-state index contributed by atoms with van der Waals surface area (Å²) in [7, 11) is 0. The van der Waals surface area contributed by atoms with Gasteiger partial charge in [0, 0.05) is 11.3 Å². The molecule has 0 spiro atoms. The molecule has 0 aliphatic rings. The molecule has 142 valence electrons. The van der Waals surface area contributed by atoms with E-state index in [2.05, 4.69) is 5.32 Å². The number of benzene rings is 2. The lowest BCUT2D eigenvalue weighted by Crippen LogP contribution is -2.15. The van der Waals surface area contributed by atoms with E-state index < -0.39 is 30.0 Å². The Labute approximate surface area is 162 Å². The third-order valence-electron chi connectivity index (χ3n) is 3.68. The van der Waals surface area contributed by atoms with Crippen LogP contribution in [0.15, 0.2) is 60.0 Å². The Morgan fingerprint density at radius 1 is 0.929 bits per heavy atom. The van der Waals surface area contributed by atoms with E-state index >= 15 is 0 Å². The zero-order chi connectivity index (χ0) is 20.1. The normalized spacial score (nSPS) is 10.4. The molecule has 0 saturated heterocycles. The molecule has 5 nitrogen and oxygen atoms in total. The fraction of sp³-hybridized carbons (Fsp3) is 0.0500. The van der Waals surface area contributed by atoms with Gasteiger partial charge in [-0.1, -0.05) is 12.1 Å². The van der Waals surface area contributed by atoms with Crippen LogP contribution in [0.3, 0.4) is 0 Å². The monoisotopic (exact) mass is 401 g/mol. The maximum atomic E-state index is 13.2. The summed E-state index contributed by atoms with van der Waals surface area (Å²) in [6, 6.07) is 12.1. The second-order valence-electron chi connectivity index (χ2n) is 5.64. The Balaban J connectivity index is 1.62. The van der Waals surface area contributed by atoms with Gasteiger partial charge in [-0.05, 0) is 47.8 Å². The molecule has 0 aliphatic heterocycles. The maximum absolute atomic E-state index is 13.2. The number of ketones is 1. The molecular formula is C20H13F2NO4S. The van der Waals surface area contributed by atoms with E-state index in [-0.39, 0.29) is 17.0 Å². The highest BCUT2D eigenvalue weighted by Crippen LogP contribution is 2.16. The first kappa shape index (κ1) is 19.4. The molecule has 0 atom stereocenters. The van der Waals surface area contributed by atoms with Gasteiger partial charge in [0.05, 0.1) is 10.4 Å². The van der Waals surface area contributed by atoms with Gasteiger partial charge in [-0.3, -0.25) is 9.59 Å². The number of thiophene rings is 1. The Hall–Kier alpha value is -3.39. The number of carbonyl (C=O) groups excluding carboxylic acids is 3. The van der Waals surface area contributed by atoms with E-state index in [1.807, 2.05) is 0 Å². The number of Topliss-reactive ketones (excluding diaryl/α,β-unsaturated/α-hetero) is 1. The van der Waals surface area contributed by atoms with Gasteiger partial charge < -0.3 is 10.1 Å². The van der Waals surface area contributed by atoms with Crippen molar-refractivity contribution in [3.05, 3.63) is 87.6 Å². The minimum absolute atomic E-state index is 0.108. The lowest BCUT2D eigenvalue weighted by atomic mass is 10.1. The number of nitrogens with one attached hydrogen (secondary N) is 1. The van der Waals surface area contributed by atoms with Crippen LogP contribution in [-0.4, -0.2) is 24.3 Å². The number of amides is 1. The van der Waals surface area contributed by atoms with Gasteiger partial charge >= 0.3 is 5.97 Å². The molecule has 1 N–H and O–H groups in total. The molecule has 0 unspecified atom stereocenters. The van der Waals surface area contributed by atoms with Crippen LogP contribution in [0.1, 0.15) is 30.4 Å². The molecule has 1 aromatic heterocycles. The lowest BCUT2D eigenvalue weighted by Gasteiger charge is -2.07. The first-order chi connectivity index (χ1) is 13.4. The number of halogens is 2. The van der Waals surface area contributed by atoms with Crippen molar-refractivity contribution in [1.82, 2.24) is 0 Å². The van der Waals surface area contributed by atoms with E-state index in [0.717, 1.165) is 18.2 Å². The fourth-order valence-electron chi connectivity index (χ4n) is 2.29.